The average molecular weight is 251 g/mol. The second-order valence-corrected chi connectivity index (χ2v) is 5.19. The van der Waals surface area contributed by atoms with Crippen molar-refractivity contribution in [1.29, 1.82) is 0 Å². The first kappa shape index (κ1) is 13.4. The van der Waals surface area contributed by atoms with Gasteiger partial charge in [-0.2, -0.15) is 0 Å². The van der Waals surface area contributed by atoms with Crippen LogP contribution in [0.5, 0.6) is 0 Å². The number of halogens is 1. The summed E-state index contributed by atoms with van der Waals surface area (Å²) in [6, 6.07) is 1.82. The third-order valence-electron chi connectivity index (χ3n) is 3.88. The largest absolute Gasteiger partial charge is 0.330 e. The Morgan fingerprint density at radius 2 is 2.39 bits per heavy atom. The lowest BCUT2D eigenvalue weighted by molar-refractivity contribution is 0.128. The van der Waals surface area contributed by atoms with Crippen LogP contribution in [0.15, 0.2) is 18.5 Å². The highest BCUT2D eigenvalue weighted by Crippen LogP contribution is 2.27. The highest BCUT2D eigenvalue weighted by atomic mass is 19.1. The van der Waals surface area contributed by atoms with Crippen molar-refractivity contribution in [3.63, 3.8) is 0 Å². The molecule has 1 aromatic heterocycles. The Morgan fingerprint density at radius 3 is 3.11 bits per heavy atom. The normalized spacial score (nSPS) is 22.9. The predicted octanol–water partition coefficient (Wildman–Crippen LogP) is 2.34. The Hall–Kier alpha value is -1.00. The summed E-state index contributed by atoms with van der Waals surface area (Å²) >= 11 is 0. The van der Waals surface area contributed by atoms with Crippen molar-refractivity contribution in [3.05, 3.63) is 29.8 Å². The average Bonchev–Trinajstić information content (AvgIpc) is 2.39. The molecule has 3 nitrogen and oxygen atoms in total. The molecule has 0 spiro atoms. The van der Waals surface area contributed by atoms with Crippen LogP contribution in [0.25, 0.3) is 0 Å². The predicted molar refractivity (Wildman–Crippen MR) is 70.6 cm³/mol. The maximum atomic E-state index is 13.2. The first-order valence-electron chi connectivity index (χ1n) is 6.75. The molecule has 0 aliphatic carbocycles. The molecule has 0 radical (unpaired) electrons. The van der Waals surface area contributed by atoms with E-state index in [1.165, 1.54) is 19.0 Å². The van der Waals surface area contributed by atoms with Crippen LogP contribution >= 0.6 is 0 Å². The van der Waals surface area contributed by atoms with Crippen LogP contribution in [0.4, 0.5) is 4.39 Å². The Labute approximate surface area is 108 Å². The van der Waals surface area contributed by atoms with Gasteiger partial charge in [0.2, 0.25) is 0 Å². The molecule has 2 heterocycles. The number of nitrogens with two attached hydrogens (primary N) is 1. The van der Waals surface area contributed by atoms with Crippen LogP contribution in [-0.2, 0) is 0 Å². The van der Waals surface area contributed by atoms with Crippen LogP contribution in [0, 0.1) is 11.7 Å². The molecule has 18 heavy (non-hydrogen) atoms. The van der Waals surface area contributed by atoms with Gasteiger partial charge in [-0.15, -0.1) is 0 Å². The zero-order valence-corrected chi connectivity index (χ0v) is 11.0. The SMILES string of the molecule is CC(c1cncc(F)c1)N1CCCC(CCN)C1. The van der Waals surface area contributed by atoms with Gasteiger partial charge in [-0.25, -0.2) is 4.39 Å². The molecule has 0 saturated carbocycles. The van der Waals surface area contributed by atoms with Gasteiger partial charge in [-0.1, -0.05) is 0 Å². The van der Waals surface area contributed by atoms with Crippen LogP contribution in [0.2, 0.25) is 0 Å². The van der Waals surface area contributed by atoms with E-state index < -0.39 is 0 Å². The topological polar surface area (TPSA) is 42.2 Å². The summed E-state index contributed by atoms with van der Waals surface area (Å²) in [5.41, 5.74) is 6.60. The van der Waals surface area contributed by atoms with Crippen molar-refractivity contribution >= 4 is 0 Å². The van der Waals surface area contributed by atoms with Gasteiger partial charge in [0.15, 0.2) is 0 Å². The van der Waals surface area contributed by atoms with E-state index in [2.05, 4.69) is 16.8 Å². The van der Waals surface area contributed by atoms with Crippen molar-refractivity contribution in [1.82, 2.24) is 9.88 Å². The zero-order valence-electron chi connectivity index (χ0n) is 11.0. The van der Waals surface area contributed by atoms with Gasteiger partial charge < -0.3 is 5.73 Å². The Kier molecular flexibility index (Phi) is 4.66. The first-order valence-corrected chi connectivity index (χ1v) is 6.75. The van der Waals surface area contributed by atoms with Crippen LogP contribution in [0.1, 0.15) is 37.8 Å². The highest BCUT2D eigenvalue weighted by Gasteiger charge is 2.24. The Balaban J connectivity index is 2.02. The Morgan fingerprint density at radius 1 is 1.56 bits per heavy atom. The molecule has 4 heteroatoms. The molecule has 1 aliphatic rings. The molecular weight excluding hydrogens is 229 g/mol. The monoisotopic (exact) mass is 251 g/mol. The van der Waals surface area contributed by atoms with E-state index in [-0.39, 0.29) is 11.9 Å². The van der Waals surface area contributed by atoms with Crippen molar-refractivity contribution in [2.75, 3.05) is 19.6 Å². The van der Waals surface area contributed by atoms with E-state index in [1.807, 2.05) is 0 Å². The van der Waals surface area contributed by atoms with Crippen molar-refractivity contribution < 1.29 is 4.39 Å². The molecule has 0 bridgehead atoms. The van der Waals surface area contributed by atoms with E-state index in [0.29, 0.717) is 5.92 Å². The fourth-order valence-corrected chi connectivity index (χ4v) is 2.79. The van der Waals surface area contributed by atoms with Crippen LogP contribution in [-0.4, -0.2) is 29.5 Å². The van der Waals surface area contributed by atoms with Crippen LogP contribution < -0.4 is 5.73 Å². The number of hydrogen-bond donors (Lipinski definition) is 1. The zero-order chi connectivity index (χ0) is 13.0. The smallest absolute Gasteiger partial charge is 0.141 e. The third kappa shape index (κ3) is 3.27. The molecule has 1 aliphatic heterocycles. The molecule has 2 atom stereocenters. The molecule has 100 valence electrons. The molecule has 1 saturated heterocycles. The van der Waals surface area contributed by atoms with Gasteiger partial charge in [0.1, 0.15) is 5.82 Å². The molecule has 2 N–H and O–H groups in total. The quantitative estimate of drug-likeness (QED) is 0.893. The minimum Gasteiger partial charge on any atom is -0.330 e. The van der Waals surface area contributed by atoms with E-state index >= 15 is 0 Å². The summed E-state index contributed by atoms with van der Waals surface area (Å²) in [5, 5.41) is 0. The fourth-order valence-electron chi connectivity index (χ4n) is 2.79. The van der Waals surface area contributed by atoms with Crippen molar-refractivity contribution in [2.45, 2.75) is 32.2 Å². The fraction of sp³-hybridized carbons (Fsp3) is 0.643. The summed E-state index contributed by atoms with van der Waals surface area (Å²) in [5.74, 6) is 0.433. The maximum Gasteiger partial charge on any atom is 0.141 e. The number of nitrogens with zero attached hydrogens (tertiary/aromatic N) is 2. The molecule has 0 amide bonds. The lowest BCUT2D eigenvalue weighted by Gasteiger charge is -2.36. The summed E-state index contributed by atoms with van der Waals surface area (Å²) < 4.78 is 13.2. The van der Waals surface area contributed by atoms with Crippen LogP contribution in [0.3, 0.4) is 0 Å². The first-order chi connectivity index (χ1) is 8.70. The number of pyridine rings is 1. The minimum atomic E-state index is -0.255. The highest BCUT2D eigenvalue weighted by molar-refractivity contribution is 5.14. The van der Waals surface area contributed by atoms with Gasteiger partial charge in [0.25, 0.3) is 0 Å². The molecular formula is C14H22FN3. The number of likely N-dealkylation sites (tertiary alicyclic amines) is 1. The van der Waals surface area contributed by atoms with E-state index in [0.717, 1.165) is 31.6 Å². The lowest BCUT2D eigenvalue weighted by atomic mass is 9.93. The third-order valence-corrected chi connectivity index (χ3v) is 3.88. The summed E-state index contributed by atoms with van der Waals surface area (Å²) in [4.78, 5) is 6.35. The molecule has 0 aromatic carbocycles. The molecule has 1 aromatic rings. The number of aromatic nitrogens is 1. The van der Waals surface area contributed by atoms with Gasteiger partial charge in [-0.05, 0) is 56.8 Å². The van der Waals surface area contributed by atoms with Gasteiger partial charge in [0.05, 0.1) is 6.20 Å². The van der Waals surface area contributed by atoms with E-state index in [1.54, 1.807) is 12.3 Å². The minimum absolute atomic E-state index is 0.230. The molecule has 2 unspecified atom stereocenters. The summed E-state index contributed by atoms with van der Waals surface area (Å²) in [6.45, 7) is 5.03. The number of hydrogen-bond acceptors (Lipinski definition) is 3. The Bertz CT molecular complexity index is 381. The second-order valence-electron chi connectivity index (χ2n) is 5.19. The van der Waals surface area contributed by atoms with Gasteiger partial charge >= 0.3 is 0 Å². The molecule has 1 fully saturated rings. The summed E-state index contributed by atoms with van der Waals surface area (Å²) in [7, 11) is 0. The number of piperidine rings is 1. The van der Waals surface area contributed by atoms with E-state index in [4.69, 9.17) is 5.73 Å². The summed E-state index contributed by atoms with van der Waals surface area (Å²) in [6.07, 6.45) is 6.58. The maximum absolute atomic E-state index is 13.2. The van der Waals surface area contributed by atoms with Crippen molar-refractivity contribution in [2.24, 2.45) is 11.7 Å². The van der Waals surface area contributed by atoms with Crippen molar-refractivity contribution in [3.8, 4) is 0 Å². The standard InChI is InChI=1S/C14H22FN3/c1-11(13-7-14(15)9-17-8-13)18-6-2-3-12(10-18)4-5-16/h7-9,11-12H,2-6,10,16H2,1H3. The number of rotatable bonds is 4. The van der Waals surface area contributed by atoms with Gasteiger partial charge in [0, 0.05) is 18.8 Å². The molecule has 2 rings (SSSR count). The lowest BCUT2D eigenvalue weighted by Crippen LogP contribution is -2.37. The van der Waals surface area contributed by atoms with E-state index in [9.17, 15) is 4.39 Å². The van der Waals surface area contributed by atoms with Gasteiger partial charge in [-0.3, -0.25) is 9.88 Å². The second kappa shape index (κ2) is 6.25.